The molecule has 90 valence electrons. The number of hydrogen-bond acceptors (Lipinski definition) is 4. The quantitative estimate of drug-likeness (QED) is 0.881. The number of rotatable bonds is 3. The van der Waals surface area contributed by atoms with Crippen LogP contribution in [0.1, 0.15) is 38.6 Å². The SMILES string of the molecule is CCNc1ncc2ncn(C3CCCC3)c2n1. The third-order valence-corrected chi connectivity index (χ3v) is 3.37. The summed E-state index contributed by atoms with van der Waals surface area (Å²) >= 11 is 0. The van der Waals surface area contributed by atoms with Crippen molar-refractivity contribution < 1.29 is 0 Å². The van der Waals surface area contributed by atoms with Crippen LogP contribution >= 0.6 is 0 Å². The minimum Gasteiger partial charge on any atom is -0.354 e. The predicted octanol–water partition coefficient (Wildman–Crippen LogP) is 2.37. The third-order valence-electron chi connectivity index (χ3n) is 3.37. The molecule has 0 unspecified atom stereocenters. The van der Waals surface area contributed by atoms with Crippen LogP contribution in [0.25, 0.3) is 11.2 Å². The Kier molecular flexibility index (Phi) is 2.66. The van der Waals surface area contributed by atoms with E-state index in [9.17, 15) is 0 Å². The predicted molar refractivity (Wildman–Crippen MR) is 67.0 cm³/mol. The van der Waals surface area contributed by atoms with Gasteiger partial charge in [0, 0.05) is 12.6 Å². The summed E-state index contributed by atoms with van der Waals surface area (Å²) in [6.07, 6.45) is 8.82. The fraction of sp³-hybridized carbons (Fsp3) is 0.583. The Hall–Kier alpha value is -1.65. The van der Waals surface area contributed by atoms with Crippen molar-refractivity contribution >= 4 is 17.1 Å². The highest BCUT2D eigenvalue weighted by atomic mass is 15.2. The highest BCUT2D eigenvalue weighted by molar-refractivity contribution is 5.71. The lowest BCUT2D eigenvalue weighted by Gasteiger charge is -2.11. The fourth-order valence-corrected chi connectivity index (χ4v) is 2.52. The molecule has 2 aromatic heterocycles. The normalized spacial score (nSPS) is 16.8. The van der Waals surface area contributed by atoms with E-state index in [2.05, 4.69) is 24.8 Å². The summed E-state index contributed by atoms with van der Waals surface area (Å²) in [6, 6.07) is 0.573. The van der Waals surface area contributed by atoms with Gasteiger partial charge in [-0.25, -0.2) is 9.97 Å². The van der Waals surface area contributed by atoms with Crippen LogP contribution in [0.2, 0.25) is 0 Å². The van der Waals surface area contributed by atoms with Crippen molar-refractivity contribution in [3.05, 3.63) is 12.5 Å². The van der Waals surface area contributed by atoms with Crippen LogP contribution in [0, 0.1) is 0 Å². The molecule has 0 amide bonds. The first-order valence-electron chi connectivity index (χ1n) is 6.32. The van der Waals surface area contributed by atoms with Gasteiger partial charge in [-0.3, -0.25) is 0 Å². The summed E-state index contributed by atoms with van der Waals surface area (Å²) in [7, 11) is 0. The topological polar surface area (TPSA) is 55.6 Å². The van der Waals surface area contributed by atoms with Crippen molar-refractivity contribution in [2.75, 3.05) is 11.9 Å². The molecule has 0 saturated heterocycles. The molecular formula is C12H17N5. The van der Waals surface area contributed by atoms with E-state index in [0.29, 0.717) is 12.0 Å². The van der Waals surface area contributed by atoms with Crippen molar-refractivity contribution in [3.63, 3.8) is 0 Å². The second kappa shape index (κ2) is 4.31. The molecule has 5 heteroatoms. The first-order chi connectivity index (χ1) is 8.38. The number of nitrogens with zero attached hydrogens (tertiary/aromatic N) is 4. The van der Waals surface area contributed by atoms with Gasteiger partial charge < -0.3 is 9.88 Å². The first-order valence-corrected chi connectivity index (χ1v) is 6.32. The summed E-state index contributed by atoms with van der Waals surface area (Å²) < 4.78 is 2.21. The number of imidazole rings is 1. The van der Waals surface area contributed by atoms with E-state index >= 15 is 0 Å². The average Bonchev–Trinajstić information content (AvgIpc) is 2.96. The van der Waals surface area contributed by atoms with Gasteiger partial charge in [0.15, 0.2) is 5.65 Å². The van der Waals surface area contributed by atoms with Gasteiger partial charge >= 0.3 is 0 Å². The molecule has 0 bridgehead atoms. The molecule has 1 aliphatic rings. The van der Waals surface area contributed by atoms with Crippen molar-refractivity contribution in [1.82, 2.24) is 19.5 Å². The second-order valence-corrected chi connectivity index (χ2v) is 4.52. The molecule has 2 aromatic rings. The van der Waals surface area contributed by atoms with Crippen LogP contribution in [0.15, 0.2) is 12.5 Å². The first kappa shape index (κ1) is 10.5. The second-order valence-electron chi connectivity index (χ2n) is 4.52. The number of anilines is 1. The zero-order chi connectivity index (χ0) is 11.7. The Labute approximate surface area is 100 Å². The van der Waals surface area contributed by atoms with Crippen LogP contribution in [0.4, 0.5) is 5.95 Å². The van der Waals surface area contributed by atoms with E-state index in [0.717, 1.165) is 17.7 Å². The lowest BCUT2D eigenvalue weighted by molar-refractivity contribution is 0.529. The number of hydrogen-bond donors (Lipinski definition) is 1. The van der Waals surface area contributed by atoms with Gasteiger partial charge in [0.1, 0.15) is 5.52 Å². The molecule has 5 nitrogen and oxygen atoms in total. The Morgan fingerprint density at radius 3 is 2.94 bits per heavy atom. The number of fused-ring (bicyclic) bond motifs is 1. The van der Waals surface area contributed by atoms with E-state index in [1.165, 1.54) is 25.7 Å². The zero-order valence-electron chi connectivity index (χ0n) is 10.1. The summed E-state index contributed by atoms with van der Waals surface area (Å²) in [5.41, 5.74) is 1.85. The maximum Gasteiger partial charge on any atom is 0.224 e. The lowest BCUT2D eigenvalue weighted by atomic mass is 10.2. The van der Waals surface area contributed by atoms with Crippen LogP contribution in [-0.4, -0.2) is 26.1 Å². The van der Waals surface area contributed by atoms with Gasteiger partial charge in [-0.1, -0.05) is 12.8 Å². The van der Waals surface area contributed by atoms with Crippen LogP contribution in [0.3, 0.4) is 0 Å². The molecule has 3 rings (SSSR count). The summed E-state index contributed by atoms with van der Waals surface area (Å²) in [4.78, 5) is 13.2. The van der Waals surface area contributed by atoms with Gasteiger partial charge in [0.2, 0.25) is 5.95 Å². The molecule has 1 aliphatic carbocycles. The number of nitrogens with one attached hydrogen (secondary N) is 1. The molecule has 1 fully saturated rings. The molecule has 17 heavy (non-hydrogen) atoms. The van der Waals surface area contributed by atoms with Crippen LogP contribution in [0.5, 0.6) is 0 Å². The van der Waals surface area contributed by atoms with Crippen LogP contribution in [-0.2, 0) is 0 Å². The molecule has 1 N–H and O–H groups in total. The Bertz CT molecular complexity index is 513. The Balaban J connectivity index is 2.02. The van der Waals surface area contributed by atoms with Crippen molar-refractivity contribution in [2.45, 2.75) is 38.6 Å². The fourth-order valence-electron chi connectivity index (χ4n) is 2.52. The van der Waals surface area contributed by atoms with Gasteiger partial charge in [-0.15, -0.1) is 0 Å². The molecule has 0 spiro atoms. The highest BCUT2D eigenvalue weighted by Crippen LogP contribution is 2.31. The van der Waals surface area contributed by atoms with E-state index in [1.54, 1.807) is 6.20 Å². The van der Waals surface area contributed by atoms with Crippen LogP contribution < -0.4 is 5.32 Å². The van der Waals surface area contributed by atoms with Crippen molar-refractivity contribution in [3.8, 4) is 0 Å². The summed E-state index contributed by atoms with van der Waals surface area (Å²) in [5.74, 6) is 0.694. The Morgan fingerprint density at radius 1 is 1.35 bits per heavy atom. The average molecular weight is 231 g/mol. The van der Waals surface area contributed by atoms with E-state index in [4.69, 9.17) is 0 Å². The standard InChI is InChI=1S/C12H17N5/c1-2-13-12-14-7-10-11(16-12)17(8-15-10)9-5-3-4-6-9/h7-9H,2-6H2,1H3,(H,13,14,16). The maximum absolute atomic E-state index is 4.55. The molecule has 0 aromatic carbocycles. The minimum absolute atomic E-state index is 0.573. The summed E-state index contributed by atoms with van der Waals surface area (Å²) in [6.45, 7) is 2.88. The van der Waals surface area contributed by atoms with E-state index < -0.39 is 0 Å². The molecule has 2 heterocycles. The monoisotopic (exact) mass is 231 g/mol. The molecule has 0 radical (unpaired) electrons. The van der Waals surface area contributed by atoms with Gasteiger partial charge in [-0.2, -0.15) is 4.98 Å². The molecule has 0 atom stereocenters. The van der Waals surface area contributed by atoms with Gasteiger partial charge in [0.05, 0.1) is 12.5 Å². The maximum atomic E-state index is 4.55. The van der Waals surface area contributed by atoms with Gasteiger partial charge in [-0.05, 0) is 19.8 Å². The minimum atomic E-state index is 0.573. The largest absolute Gasteiger partial charge is 0.354 e. The molecular weight excluding hydrogens is 214 g/mol. The van der Waals surface area contributed by atoms with E-state index in [-0.39, 0.29) is 0 Å². The van der Waals surface area contributed by atoms with Crippen molar-refractivity contribution in [1.29, 1.82) is 0 Å². The zero-order valence-corrected chi connectivity index (χ0v) is 10.1. The van der Waals surface area contributed by atoms with Gasteiger partial charge in [0.25, 0.3) is 0 Å². The smallest absolute Gasteiger partial charge is 0.224 e. The Morgan fingerprint density at radius 2 is 2.18 bits per heavy atom. The van der Waals surface area contributed by atoms with E-state index in [1.807, 2.05) is 13.3 Å². The number of aromatic nitrogens is 4. The summed E-state index contributed by atoms with van der Waals surface area (Å²) in [5, 5.41) is 3.14. The molecule has 0 aliphatic heterocycles. The third kappa shape index (κ3) is 1.85. The molecule has 1 saturated carbocycles. The van der Waals surface area contributed by atoms with Crippen molar-refractivity contribution in [2.24, 2.45) is 0 Å². The highest BCUT2D eigenvalue weighted by Gasteiger charge is 2.19. The lowest BCUT2D eigenvalue weighted by Crippen LogP contribution is -2.06.